The number of aliphatic hydroxyl groups is 1. The summed E-state index contributed by atoms with van der Waals surface area (Å²) in [6.07, 6.45) is 1.84. The summed E-state index contributed by atoms with van der Waals surface area (Å²) in [5.41, 5.74) is 2.09. The molecule has 6 heteroatoms. The molecule has 1 atom stereocenters. The summed E-state index contributed by atoms with van der Waals surface area (Å²) in [6.45, 7) is 3.32. The highest BCUT2D eigenvalue weighted by Gasteiger charge is 2.07. The number of aliphatic hydroxyl groups excluding tert-OH is 1. The van der Waals surface area contributed by atoms with Gasteiger partial charge in [0, 0.05) is 23.3 Å². The Labute approximate surface area is 120 Å². The molecular formula is C13H17BrN4O. The summed E-state index contributed by atoms with van der Waals surface area (Å²) in [5, 5.41) is 20.2. The van der Waals surface area contributed by atoms with E-state index in [4.69, 9.17) is 5.11 Å². The third kappa shape index (κ3) is 4.12. The van der Waals surface area contributed by atoms with Crippen LogP contribution in [0.15, 0.2) is 34.9 Å². The molecule has 0 fully saturated rings. The van der Waals surface area contributed by atoms with Crippen molar-refractivity contribution < 1.29 is 5.11 Å². The summed E-state index contributed by atoms with van der Waals surface area (Å²) in [6, 6.07) is 8.46. The Kier molecular flexibility index (Phi) is 5.07. The molecule has 102 valence electrons. The molecule has 1 aromatic heterocycles. The minimum Gasteiger partial charge on any atom is -0.394 e. The van der Waals surface area contributed by atoms with Crippen LogP contribution in [-0.4, -0.2) is 26.7 Å². The third-order valence-electron chi connectivity index (χ3n) is 2.85. The van der Waals surface area contributed by atoms with Crippen LogP contribution in [0.3, 0.4) is 0 Å². The Morgan fingerprint density at radius 1 is 1.47 bits per heavy atom. The van der Waals surface area contributed by atoms with Crippen molar-refractivity contribution in [2.45, 2.75) is 26.1 Å². The van der Waals surface area contributed by atoms with E-state index in [0.717, 1.165) is 10.2 Å². The Morgan fingerprint density at radius 3 is 3.05 bits per heavy atom. The van der Waals surface area contributed by atoms with Crippen molar-refractivity contribution in [2.75, 3.05) is 6.61 Å². The number of benzene rings is 1. The van der Waals surface area contributed by atoms with E-state index >= 15 is 0 Å². The first-order chi connectivity index (χ1) is 9.19. The fraction of sp³-hybridized carbons (Fsp3) is 0.385. The van der Waals surface area contributed by atoms with Gasteiger partial charge in [-0.15, -0.1) is 5.10 Å². The second-order valence-corrected chi connectivity index (χ2v) is 5.27. The van der Waals surface area contributed by atoms with E-state index in [1.165, 1.54) is 5.56 Å². The highest BCUT2D eigenvalue weighted by atomic mass is 79.9. The molecule has 0 amide bonds. The van der Waals surface area contributed by atoms with E-state index in [1.54, 1.807) is 4.68 Å². The van der Waals surface area contributed by atoms with E-state index in [2.05, 4.69) is 50.6 Å². The van der Waals surface area contributed by atoms with E-state index in [1.807, 2.05) is 18.3 Å². The molecule has 2 aromatic rings. The molecule has 5 nitrogen and oxygen atoms in total. The number of nitrogens with zero attached hydrogens (tertiary/aromatic N) is 3. The summed E-state index contributed by atoms with van der Waals surface area (Å²) in [7, 11) is 0. The Balaban J connectivity index is 1.90. The maximum Gasteiger partial charge on any atom is 0.0965 e. The van der Waals surface area contributed by atoms with Gasteiger partial charge in [0.05, 0.1) is 18.8 Å². The molecule has 2 N–H and O–H groups in total. The lowest BCUT2D eigenvalue weighted by atomic mass is 10.1. The van der Waals surface area contributed by atoms with Gasteiger partial charge in [0.1, 0.15) is 0 Å². The number of aromatic nitrogens is 3. The lowest BCUT2D eigenvalue weighted by molar-refractivity contribution is 0.268. The molecule has 0 aliphatic heterocycles. The number of halogens is 1. The van der Waals surface area contributed by atoms with Gasteiger partial charge in [0.25, 0.3) is 0 Å². The molecule has 1 aromatic carbocycles. The number of rotatable bonds is 6. The van der Waals surface area contributed by atoms with E-state index in [-0.39, 0.29) is 12.6 Å². The van der Waals surface area contributed by atoms with Gasteiger partial charge >= 0.3 is 0 Å². The van der Waals surface area contributed by atoms with Gasteiger partial charge in [0.2, 0.25) is 0 Å². The summed E-state index contributed by atoms with van der Waals surface area (Å²) in [5.74, 6) is 0. The van der Waals surface area contributed by atoms with Crippen LogP contribution in [0.4, 0.5) is 0 Å². The number of hydrogen-bond acceptors (Lipinski definition) is 4. The minimum absolute atomic E-state index is 0.0741. The molecule has 0 aliphatic rings. The van der Waals surface area contributed by atoms with Crippen LogP contribution in [0.25, 0.3) is 0 Å². The number of hydrogen-bond donors (Lipinski definition) is 2. The molecule has 2 rings (SSSR count). The molecule has 0 saturated carbocycles. The van der Waals surface area contributed by atoms with E-state index in [0.29, 0.717) is 13.1 Å². The maximum absolute atomic E-state index is 8.81. The van der Waals surface area contributed by atoms with Gasteiger partial charge in [0.15, 0.2) is 0 Å². The first-order valence-electron chi connectivity index (χ1n) is 6.18. The smallest absolute Gasteiger partial charge is 0.0965 e. The van der Waals surface area contributed by atoms with Gasteiger partial charge in [-0.25, -0.2) is 4.68 Å². The van der Waals surface area contributed by atoms with E-state index in [9.17, 15) is 0 Å². The highest BCUT2D eigenvalue weighted by molar-refractivity contribution is 9.10. The summed E-state index contributed by atoms with van der Waals surface area (Å²) in [4.78, 5) is 0. The van der Waals surface area contributed by atoms with Crippen LogP contribution in [0.1, 0.15) is 24.2 Å². The standard InChI is InChI=1S/C13H17BrN4O/c1-10(11-3-2-4-12(14)7-11)15-8-13-9-18(5-6-19)17-16-13/h2-4,7,9-10,15,19H,5-6,8H2,1H3/t10-/m0/s1. The van der Waals surface area contributed by atoms with Crippen LogP contribution in [0, 0.1) is 0 Å². The Morgan fingerprint density at radius 2 is 2.32 bits per heavy atom. The van der Waals surface area contributed by atoms with Crippen molar-refractivity contribution in [1.29, 1.82) is 0 Å². The largest absolute Gasteiger partial charge is 0.394 e. The lowest BCUT2D eigenvalue weighted by Crippen LogP contribution is -2.18. The Bertz CT molecular complexity index is 529. The van der Waals surface area contributed by atoms with Crippen LogP contribution < -0.4 is 5.32 Å². The monoisotopic (exact) mass is 324 g/mol. The van der Waals surface area contributed by atoms with Gasteiger partial charge in [-0.3, -0.25) is 0 Å². The van der Waals surface area contributed by atoms with Crippen LogP contribution in [0.5, 0.6) is 0 Å². The van der Waals surface area contributed by atoms with Gasteiger partial charge < -0.3 is 10.4 Å². The zero-order chi connectivity index (χ0) is 13.7. The van der Waals surface area contributed by atoms with Gasteiger partial charge in [-0.2, -0.15) is 0 Å². The SMILES string of the molecule is C[C@H](NCc1cn(CCO)nn1)c1cccc(Br)c1. The average Bonchev–Trinajstić information content (AvgIpc) is 2.84. The lowest BCUT2D eigenvalue weighted by Gasteiger charge is -2.13. The first-order valence-corrected chi connectivity index (χ1v) is 6.97. The molecule has 0 saturated heterocycles. The molecular weight excluding hydrogens is 308 g/mol. The molecule has 0 unspecified atom stereocenters. The van der Waals surface area contributed by atoms with Gasteiger partial charge in [-0.05, 0) is 24.6 Å². The van der Waals surface area contributed by atoms with Crippen molar-refractivity contribution in [1.82, 2.24) is 20.3 Å². The van der Waals surface area contributed by atoms with Crippen molar-refractivity contribution in [2.24, 2.45) is 0 Å². The summed E-state index contributed by atoms with van der Waals surface area (Å²) >= 11 is 3.47. The molecule has 0 radical (unpaired) electrons. The predicted molar refractivity (Wildman–Crippen MR) is 76.5 cm³/mol. The minimum atomic E-state index is 0.0741. The fourth-order valence-electron chi connectivity index (χ4n) is 1.78. The molecule has 0 aliphatic carbocycles. The zero-order valence-corrected chi connectivity index (χ0v) is 12.3. The highest BCUT2D eigenvalue weighted by Crippen LogP contribution is 2.17. The second-order valence-electron chi connectivity index (χ2n) is 4.35. The summed E-state index contributed by atoms with van der Waals surface area (Å²) < 4.78 is 2.72. The van der Waals surface area contributed by atoms with Crippen LogP contribution >= 0.6 is 15.9 Å². The topological polar surface area (TPSA) is 63.0 Å². The predicted octanol–water partition coefficient (Wildman–Crippen LogP) is 1.88. The van der Waals surface area contributed by atoms with Crippen LogP contribution in [-0.2, 0) is 13.1 Å². The first kappa shape index (κ1) is 14.2. The normalized spacial score (nSPS) is 12.6. The van der Waals surface area contributed by atoms with Gasteiger partial charge in [-0.1, -0.05) is 33.3 Å². The quantitative estimate of drug-likeness (QED) is 0.851. The maximum atomic E-state index is 8.81. The van der Waals surface area contributed by atoms with Crippen molar-refractivity contribution in [3.63, 3.8) is 0 Å². The molecule has 0 spiro atoms. The third-order valence-corrected chi connectivity index (χ3v) is 3.35. The fourth-order valence-corrected chi connectivity index (χ4v) is 2.20. The molecule has 1 heterocycles. The van der Waals surface area contributed by atoms with E-state index < -0.39 is 0 Å². The van der Waals surface area contributed by atoms with Crippen molar-refractivity contribution in [3.8, 4) is 0 Å². The average molecular weight is 325 g/mol. The Hall–Kier alpha value is -1.24. The van der Waals surface area contributed by atoms with Crippen LogP contribution in [0.2, 0.25) is 0 Å². The van der Waals surface area contributed by atoms with Crippen molar-refractivity contribution in [3.05, 3.63) is 46.2 Å². The number of nitrogens with one attached hydrogen (secondary N) is 1. The zero-order valence-electron chi connectivity index (χ0n) is 10.8. The van der Waals surface area contributed by atoms with Crippen molar-refractivity contribution >= 4 is 15.9 Å². The molecule has 0 bridgehead atoms. The molecule has 19 heavy (non-hydrogen) atoms. The second kappa shape index (κ2) is 6.79.